The molecule has 0 N–H and O–H groups in total. The Kier molecular flexibility index (Phi) is 6.47. The van der Waals surface area contributed by atoms with Crippen molar-refractivity contribution < 1.29 is 14.3 Å². The van der Waals surface area contributed by atoms with Crippen LogP contribution in [0.2, 0.25) is 10.0 Å². The van der Waals surface area contributed by atoms with E-state index in [1.807, 2.05) is 0 Å². The van der Waals surface area contributed by atoms with Crippen LogP contribution < -0.4 is 0 Å². The number of carbonyl (C=O) groups is 1. The summed E-state index contributed by atoms with van der Waals surface area (Å²) in [6, 6.07) is 5.09. The summed E-state index contributed by atoms with van der Waals surface area (Å²) in [5.74, 6) is -0.120. The zero-order valence-corrected chi connectivity index (χ0v) is 14.2. The third-order valence-electron chi connectivity index (χ3n) is 3.77. The lowest BCUT2D eigenvalue weighted by Crippen LogP contribution is -2.50. The van der Waals surface area contributed by atoms with Gasteiger partial charge in [0.2, 0.25) is 0 Å². The molecule has 5 nitrogen and oxygen atoms in total. The van der Waals surface area contributed by atoms with Crippen molar-refractivity contribution in [2.75, 3.05) is 46.9 Å². The van der Waals surface area contributed by atoms with Crippen molar-refractivity contribution >= 4 is 29.1 Å². The quantitative estimate of drug-likeness (QED) is 0.767. The highest BCUT2D eigenvalue weighted by Crippen LogP contribution is 2.26. The molecule has 0 aliphatic carbocycles. The van der Waals surface area contributed by atoms with Gasteiger partial charge in [0.05, 0.1) is 15.6 Å². The number of benzene rings is 1. The van der Waals surface area contributed by atoms with Crippen molar-refractivity contribution in [1.82, 2.24) is 9.80 Å². The van der Waals surface area contributed by atoms with Gasteiger partial charge in [0, 0.05) is 46.9 Å². The third-order valence-corrected chi connectivity index (χ3v) is 4.40. The summed E-state index contributed by atoms with van der Waals surface area (Å²) in [5.41, 5.74) is 0.381. The summed E-state index contributed by atoms with van der Waals surface area (Å²) in [4.78, 5) is 16.6. The van der Waals surface area contributed by atoms with Crippen LogP contribution in [0.3, 0.4) is 0 Å². The number of carbonyl (C=O) groups excluding carboxylic acids is 1. The molecule has 22 heavy (non-hydrogen) atoms. The molecule has 0 unspecified atom stereocenters. The fourth-order valence-corrected chi connectivity index (χ4v) is 3.01. The number of piperazine rings is 1. The molecule has 1 heterocycles. The Morgan fingerprint density at radius 1 is 1.14 bits per heavy atom. The van der Waals surface area contributed by atoms with Crippen molar-refractivity contribution in [3.63, 3.8) is 0 Å². The molecule has 0 atom stereocenters. The summed E-state index contributed by atoms with van der Waals surface area (Å²) < 4.78 is 10.4. The molecule has 2 rings (SSSR count). The highest BCUT2D eigenvalue weighted by molar-refractivity contribution is 6.39. The lowest BCUT2D eigenvalue weighted by Gasteiger charge is -2.36. The summed E-state index contributed by atoms with van der Waals surface area (Å²) in [6.45, 7) is 3.46. The zero-order valence-electron chi connectivity index (χ0n) is 12.7. The molecule has 122 valence electrons. The normalized spacial score (nSPS) is 16.3. The monoisotopic (exact) mass is 346 g/mol. The van der Waals surface area contributed by atoms with E-state index in [9.17, 15) is 4.79 Å². The molecule has 0 spiro atoms. The van der Waals surface area contributed by atoms with Crippen molar-refractivity contribution in [2.24, 2.45) is 0 Å². The molecule has 1 fully saturated rings. The number of halogens is 2. The molecule has 0 aromatic heterocycles. The highest BCUT2D eigenvalue weighted by Gasteiger charge is 2.26. The Hall–Kier alpha value is -0.850. The summed E-state index contributed by atoms with van der Waals surface area (Å²) in [7, 11) is 3.24. The maximum absolute atomic E-state index is 12.6. The van der Waals surface area contributed by atoms with E-state index in [2.05, 4.69) is 4.90 Å². The van der Waals surface area contributed by atoms with E-state index in [4.69, 9.17) is 32.7 Å². The summed E-state index contributed by atoms with van der Waals surface area (Å²) in [6.07, 6.45) is -0.250. The number of methoxy groups -OCH3 is 2. The maximum atomic E-state index is 12.6. The van der Waals surface area contributed by atoms with Crippen LogP contribution >= 0.6 is 23.2 Å². The molecule has 1 aromatic carbocycles. The number of hydrogen-bond donors (Lipinski definition) is 0. The Morgan fingerprint density at radius 2 is 1.68 bits per heavy atom. The first-order chi connectivity index (χ1) is 10.6. The first kappa shape index (κ1) is 17.5. The largest absolute Gasteiger partial charge is 0.355 e. The fraction of sp³-hybridized carbons (Fsp3) is 0.533. The second-order valence-electron chi connectivity index (χ2n) is 5.09. The number of rotatable bonds is 5. The Bertz CT molecular complexity index is 495. The minimum atomic E-state index is -0.250. The van der Waals surface area contributed by atoms with Gasteiger partial charge in [-0.2, -0.15) is 0 Å². The molecule has 0 radical (unpaired) electrons. The van der Waals surface area contributed by atoms with Gasteiger partial charge in [-0.25, -0.2) is 0 Å². The first-order valence-electron chi connectivity index (χ1n) is 7.08. The average molecular weight is 347 g/mol. The minimum absolute atomic E-state index is 0.120. The smallest absolute Gasteiger partial charge is 0.256 e. The molecule has 0 bridgehead atoms. The van der Waals surface area contributed by atoms with E-state index in [1.165, 1.54) is 0 Å². The topological polar surface area (TPSA) is 42.0 Å². The van der Waals surface area contributed by atoms with Crippen LogP contribution in [0.1, 0.15) is 10.4 Å². The van der Waals surface area contributed by atoms with Crippen LogP contribution in [-0.2, 0) is 9.47 Å². The lowest BCUT2D eigenvalue weighted by molar-refractivity contribution is -0.118. The summed E-state index contributed by atoms with van der Waals surface area (Å²) >= 11 is 12.2. The number of hydrogen-bond acceptors (Lipinski definition) is 4. The van der Waals surface area contributed by atoms with Gasteiger partial charge in [0.25, 0.3) is 5.91 Å². The molecule has 0 saturated carbocycles. The average Bonchev–Trinajstić information content (AvgIpc) is 2.53. The van der Waals surface area contributed by atoms with Gasteiger partial charge in [0.15, 0.2) is 6.29 Å². The van der Waals surface area contributed by atoms with Crippen molar-refractivity contribution in [1.29, 1.82) is 0 Å². The fourth-order valence-electron chi connectivity index (χ4n) is 2.45. The number of nitrogens with zero attached hydrogens (tertiary/aromatic N) is 2. The van der Waals surface area contributed by atoms with E-state index < -0.39 is 0 Å². The van der Waals surface area contributed by atoms with Crippen LogP contribution in [0.25, 0.3) is 0 Å². The van der Waals surface area contributed by atoms with Gasteiger partial charge >= 0.3 is 0 Å². The van der Waals surface area contributed by atoms with E-state index in [0.29, 0.717) is 35.2 Å². The predicted octanol–water partition coefficient (Wildman–Crippen LogP) is 2.37. The molecule has 7 heteroatoms. The van der Waals surface area contributed by atoms with E-state index in [0.717, 1.165) is 13.1 Å². The third kappa shape index (κ3) is 4.12. The Balaban J connectivity index is 1.95. The SMILES string of the molecule is COC(CN1CCN(C(=O)c2c(Cl)cccc2Cl)CC1)OC. The standard InChI is InChI=1S/C15H20Cl2N2O3/c1-21-13(22-2)10-18-6-8-19(9-7-18)15(20)14-11(16)4-3-5-12(14)17/h3-5,13H,6-10H2,1-2H3. The minimum Gasteiger partial charge on any atom is -0.355 e. The Labute approximate surface area is 140 Å². The van der Waals surface area contributed by atoms with E-state index >= 15 is 0 Å². The lowest BCUT2D eigenvalue weighted by atomic mass is 10.1. The van der Waals surface area contributed by atoms with Gasteiger partial charge < -0.3 is 14.4 Å². The van der Waals surface area contributed by atoms with Crippen LogP contribution in [0.15, 0.2) is 18.2 Å². The molecular formula is C15H20Cl2N2O3. The first-order valence-corrected chi connectivity index (χ1v) is 7.83. The van der Waals surface area contributed by atoms with Gasteiger partial charge in [0.1, 0.15) is 0 Å². The Morgan fingerprint density at radius 3 is 2.18 bits per heavy atom. The maximum Gasteiger partial charge on any atom is 0.256 e. The van der Waals surface area contributed by atoms with Crippen LogP contribution in [0.5, 0.6) is 0 Å². The molecule has 1 aromatic rings. The van der Waals surface area contributed by atoms with E-state index in [1.54, 1.807) is 37.3 Å². The van der Waals surface area contributed by atoms with Crippen LogP contribution in [0.4, 0.5) is 0 Å². The van der Waals surface area contributed by atoms with Gasteiger partial charge in [-0.05, 0) is 12.1 Å². The second kappa shape index (κ2) is 8.13. The predicted molar refractivity (Wildman–Crippen MR) is 86.6 cm³/mol. The van der Waals surface area contributed by atoms with Crippen molar-refractivity contribution in [2.45, 2.75) is 6.29 Å². The molecule has 1 saturated heterocycles. The van der Waals surface area contributed by atoms with Gasteiger partial charge in [-0.3, -0.25) is 9.69 Å². The highest BCUT2D eigenvalue weighted by atomic mass is 35.5. The molecule has 1 aliphatic heterocycles. The number of ether oxygens (including phenoxy) is 2. The molecular weight excluding hydrogens is 327 g/mol. The van der Waals surface area contributed by atoms with Crippen LogP contribution in [0, 0.1) is 0 Å². The molecule has 1 amide bonds. The molecule has 1 aliphatic rings. The second-order valence-corrected chi connectivity index (χ2v) is 5.90. The van der Waals surface area contributed by atoms with Crippen molar-refractivity contribution in [3.8, 4) is 0 Å². The number of amides is 1. The van der Waals surface area contributed by atoms with Crippen LogP contribution in [-0.4, -0.2) is 68.9 Å². The van der Waals surface area contributed by atoms with Crippen molar-refractivity contribution in [3.05, 3.63) is 33.8 Å². The summed E-state index contributed by atoms with van der Waals surface area (Å²) in [5, 5.41) is 0.775. The van der Waals surface area contributed by atoms with E-state index in [-0.39, 0.29) is 12.2 Å². The zero-order chi connectivity index (χ0) is 16.1. The van der Waals surface area contributed by atoms with Gasteiger partial charge in [-0.1, -0.05) is 29.3 Å². The van der Waals surface area contributed by atoms with Gasteiger partial charge in [-0.15, -0.1) is 0 Å².